The number of aliphatic hydroxyl groups excluding tert-OH is 1. The summed E-state index contributed by atoms with van der Waals surface area (Å²) < 4.78 is 5.77. The summed E-state index contributed by atoms with van der Waals surface area (Å²) in [6.07, 6.45) is 5.96. The third kappa shape index (κ3) is 5.83. The van der Waals surface area contributed by atoms with Gasteiger partial charge in [0.1, 0.15) is 11.5 Å². The molecule has 182 valence electrons. The summed E-state index contributed by atoms with van der Waals surface area (Å²) in [6, 6.07) is 9.93. The highest BCUT2D eigenvalue weighted by atomic mass is 16.5. The van der Waals surface area contributed by atoms with E-state index in [0.29, 0.717) is 30.0 Å². The number of amides is 1. The van der Waals surface area contributed by atoms with Crippen molar-refractivity contribution < 1.29 is 19.4 Å². The van der Waals surface area contributed by atoms with Gasteiger partial charge >= 0.3 is 0 Å². The number of benzene rings is 1. The Bertz CT molecular complexity index is 1000. The van der Waals surface area contributed by atoms with Gasteiger partial charge in [-0.05, 0) is 56.2 Å². The maximum Gasteiger partial charge on any atom is 0.295 e. The normalized spacial score (nSPS) is 17.5. The van der Waals surface area contributed by atoms with Crippen LogP contribution in [0.4, 0.5) is 0 Å². The van der Waals surface area contributed by atoms with Gasteiger partial charge in [-0.3, -0.25) is 14.6 Å². The number of rotatable bonds is 12. The first-order valence-electron chi connectivity index (χ1n) is 12.2. The monoisotopic (exact) mass is 465 g/mol. The summed E-state index contributed by atoms with van der Waals surface area (Å²) in [5.74, 6) is -0.847. The number of pyridine rings is 1. The molecule has 1 fully saturated rings. The van der Waals surface area contributed by atoms with Crippen LogP contribution >= 0.6 is 0 Å². The second-order valence-electron chi connectivity index (χ2n) is 8.39. The molecule has 0 spiro atoms. The van der Waals surface area contributed by atoms with E-state index in [-0.39, 0.29) is 11.3 Å². The van der Waals surface area contributed by atoms with Crippen LogP contribution < -0.4 is 4.74 Å². The lowest BCUT2D eigenvalue weighted by Gasteiger charge is -2.26. The quantitative estimate of drug-likeness (QED) is 0.216. The van der Waals surface area contributed by atoms with Crippen LogP contribution in [0.5, 0.6) is 5.75 Å². The Kier molecular flexibility index (Phi) is 9.22. The van der Waals surface area contributed by atoms with Crippen molar-refractivity contribution in [2.45, 2.75) is 46.1 Å². The highest BCUT2D eigenvalue weighted by Gasteiger charge is 2.45. The molecule has 1 aromatic carbocycles. The number of nitrogens with zero attached hydrogens (tertiary/aromatic N) is 3. The summed E-state index contributed by atoms with van der Waals surface area (Å²) >= 11 is 0. The summed E-state index contributed by atoms with van der Waals surface area (Å²) in [7, 11) is 0. The fraction of sp³-hybridized carbons (Fsp3) is 0.444. The first kappa shape index (κ1) is 25.4. The number of carbonyl (C=O) groups is 2. The number of carbonyl (C=O) groups excluding carboxylic acids is 2. The van der Waals surface area contributed by atoms with Crippen LogP contribution in [0.1, 0.15) is 57.2 Å². The van der Waals surface area contributed by atoms with Crippen molar-refractivity contribution in [3.8, 4) is 5.75 Å². The van der Waals surface area contributed by atoms with Crippen LogP contribution in [0.3, 0.4) is 0 Å². The molecule has 2 heterocycles. The van der Waals surface area contributed by atoms with Crippen molar-refractivity contribution in [1.82, 2.24) is 14.8 Å². The molecular formula is C27H35N3O4. The molecule has 1 unspecified atom stereocenters. The van der Waals surface area contributed by atoms with Gasteiger partial charge in [-0.2, -0.15) is 0 Å². The maximum absolute atomic E-state index is 13.1. The zero-order valence-electron chi connectivity index (χ0n) is 20.4. The minimum Gasteiger partial charge on any atom is -0.507 e. The molecule has 7 nitrogen and oxygen atoms in total. The van der Waals surface area contributed by atoms with Gasteiger partial charge in [0.05, 0.1) is 18.2 Å². The van der Waals surface area contributed by atoms with Gasteiger partial charge in [0, 0.05) is 24.5 Å². The van der Waals surface area contributed by atoms with Crippen LogP contribution in [-0.4, -0.2) is 64.4 Å². The van der Waals surface area contributed by atoms with Crippen molar-refractivity contribution >= 4 is 17.4 Å². The highest BCUT2D eigenvalue weighted by molar-refractivity contribution is 6.46. The summed E-state index contributed by atoms with van der Waals surface area (Å²) in [5.41, 5.74) is 1.23. The lowest BCUT2D eigenvalue weighted by atomic mass is 9.96. The van der Waals surface area contributed by atoms with Gasteiger partial charge in [0.25, 0.3) is 11.7 Å². The molecule has 1 aromatic heterocycles. The van der Waals surface area contributed by atoms with Crippen molar-refractivity contribution in [3.63, 3.8) is 0 Å². The van der Waals surface area contributed by atoms with Crippen molar-refractivity contribution in [2.24, 2.45) is 0 Å². The second kappa shape index (κ2) is 12.3. The molecule has 0 bridgehead atoms. The molecule has 2 aromatic rings. The van der Waals surface area contributed by atoms with E-state index in [1.165, 1.54) is 0 Å². The number of aliphatic hydroxyl groups is 1. The van der Waals surface area contributed by atoms with Gasteiger partial charge in [0.15, 0.2) is 0 Å². The Morgan fingerprint density at radius 2 is 1.91 bits per heavy atom. The smallest absolute Gasteiger partial charge is 0.295 e. The molecular weight excluding hydrogens is 430 g/mol. The number of ketones is 1. The third-order valence-electron chi connectivity index (χ3n) is 6.18. The van der Waals surface area contributed by atoms with Gasteiger partial charge in [0.2, 0.25) is 0 Å². The van der Waals surface area contributed by atoms with Crippen molar-refractivity contribution in [2.75, 3.05) is 32.8 Å². The Morgan fingerprint density at radius 1 is 1.12 bits per heavy atom. The minimum atomic E-state index is -0.685. The molecule has 1 atom stereocenters. The molecule has 0 aliphatic carbocycles. The van der Waals surface area contributed by atoms with E-state index in [0.717, 1.165) is 38.9 Å². The number of unbranched alkanes of at least 4 members (excludes halogenated alkanes) is 1. The second-order valence-corrected chi connectivity index (χ2v) is 8.39. The van der Waals surface area contributed by atoms with Gasteiger partial charge in [-0.15, -0.1) is 0 Å². The van der Waals surface area contributed by atoms with E-state index in [4.69, 9.17) is 4.74 Å². The molecule has 7 heteroatoms. The number of Topliss-reactive ketones (excluding diaryl/α,β-unsaturated/α-hetero) is 1. The van der Waals surface area contributed by atoms with Crippen molar-refractivity contribution in [1.29, 1.82) is 0 Å². The SMILES string of the molecule is CCCCOc1cccc(C(O)=C2C(=O)C(=O)N(CCCN(CC)CC)C2c2cccnc2)c1. The molecule has 1 saturated heterocycles. The topological polar surface area (TPSA) is 83.0 Å². The van der Waals surface area contributed by atoms with Gasteiger partial charge in [-0.25, -0.2) is 0 Å². The Labute approximate surface area is 202 Å². The average Bonchev–Trinajstić information content (AvgIpc) is 3.12. The van der Waals surface area contributed by atoms with Gasteiger partial charge in [-0.1, -0.05) is 45.4 Å². The summed E-state index contributed by atoms with van der Waals surface area (Å²) in [5, 5.41) is 11.2. The molecule has 1 aliphatic heterocycles. The minimum absolute atomic E-state index is 0.0894. The maximum atomic E-state index is 13.1. The number of ether oxygens (including phenoxy) is 1. The molecule has 0 radical (unpaired) electrons. The predicted octanol–water partition coefficient (Wildman–Crippen LogP) is 4.41. The summed E-state index contributed by atoms with van der Waals surface area (Å²) in [6.45, 7) is 9.97. The number of aromatic nitrogens is 1. The largest absolute Gasteiger partial charge is 0.507 e. The first-order valence-corrected chi connectivity index (χ1v) is 12.2. The van der Waals surface area contributed by atoms with E-state index < -0.39 is 17.7 Å². The van der Waals surface area contributed by atoms with Crippen LogP contribution in [0, 0.1) is 0 Å². The summed E-state index contributed by atoms with van der Waals surface area (Å²) in [4.78, 5) is 34.2. The predicted molar refractivity (Wildman–Crippen MR) is 132 cm³/mol. The van der Waals surface area contributed by atoms with E-state index in [9.17, 15) is 14.7 Å². The lowest BCUT2D eigenvalue weighted by Crippen LogP contribution is -2.33. The first-order chi connectivity index (χ1) is 16.5. The number of hydrogen-bond acceptors (Lipinski definition) is 6. The standard InChI is InChI=1S/C27H35N3O4/c1-4-7-17-34-22-13-8-11-20(18-22)25(31)23-24(21-12-9-14-28-19-21)30(27(33)26(23)32)16-10-15-29(5-2)6-3/h8-9,11-14,18-19,24,31H,4-7,10,15-17H2,1-3H3. The number of likely N-dealkylation sites (tertiary alicyclic amines) is 1. The van der Waals surface area contributed by atoms with E-state index in [2.05, 4.69) is 30.7 Å². The molecule has 1 aliphatic rings. The highest BCUT2D eigenvalue weighted by Crippen LogP contribution is 2.39. The van der Waals surface area contributed by atoms with Gasteiger partial charge < -0.3 is 19.6 Å². The zero-order chi connectivity index (χ0) is 24.5. The molecule has 34 heavy (non-hydrogen) atoms. The van der Waals surface area contributed by atoms with E-state index in [1.54, 1.807) is 41.6 Å². The van der Waals surface area contributed by atoms with Crippen molar-refractivity contribution in [3.05, 3.63) is 65.5 Å². The molecule has 1 N–H and O–H groups in total. The lowest BCUT2D eigenvalue weighted by molar-refractivity contribution is -0.140. The van der Waals surface area contributed by atoms with Crippen LogP contribution in [-0.2, 0) is 9.59 Å². The Morgan fingerprint density at radius 3 is 2.59 bits per heavy atom. The van der Waals surface area contributed by atoms with E-state index >= 15 is 0 Å². The molecule has 1 amide bonds. The molecule has 0 saturated carbocycles. The third-order valence-corrected chi connectivity index (χ3v) is 6.18. The zero-order valence-corrected chi connectivity index (χ0v) is 20.4. The van der Waals surface area contributed by atoms with E-state index in [1.807, 2.05) is 12.1 Å². The molecule has 3 rings (SSSR count). The van der Waals surface area contributed by atoms with Crippen LogP contribution in [0.2, 0.25) is 0 Å². The Balaban J connectivity index is 1.96. The van der Waals surface area contributed by atoms with Crippen LogP contribution in [0.25, 0.3) is 5.76 Å². The fourth-order valence-electron chi connectivity index (χ4n) is 4.22. The van der Waals surface area contributed by atoms with Crippen LogP contribution in [0.15, 0.2) is 54.4 Å². The number of hydrogen-bond donors (Lipinski definition) is 1. The fourth-order valence-corrected chi connectivity index (χ4v) is 4.22. The Hall–Kier alpha value is -3.19. The average molecular weight is 466 g/mol.